The third-order valence-electron chi connectivity index (χ3n) is 2.94. The largest absolute Gasteiger partial charge is 0.491 e. The van der Waals surface area contributed by atoms with Gasteiger partial charge in [0.05, 0.1) is 18.4 Å². The maximum absolute atomic E-state index is 5.80. The van der Waals surface area contributed by atoms with Crippen molar-refractivity contribution in [3.8, 4) is 5.75 Å². The third-order valence-corrected chi connectivity index (χ3v) is 4.12. The number of nitrogen functional groups attached to an aromatic ring is 1. The van der Waals surface area contributed by atoms with Gasteiger partial charge in [-0.15, -0.1) is 0 Å². The molecule has 1 saturated heterocycles. The van der Waals surface area contributed by atoms with Gasteiger partial charge in [0.1, 0.15) is 5.75 Å². The van der Waals surface area contributed by atoms with Crippen LogP contribution in [0.5, 0.6) is 5.75 Å². The number of hydrogen-bond donors (Lipinski definition) is 1. The molecule has 4 heteroatoms. The van der Waals surface area contributed by atoms with E-state index in [0.717, 1.165) is 36.9 Å². The summed E-state index contributed by atoms with van der Waals surface area (Å²) in [7, 11) is 0. The molecule has 1 aliphatic rings. The van der Waals surface area contributed by atoms with Crippen molar-refractivity contribution in [2.75, 3.05) is 30.5 Å². The molecule has 1 aromatic carbocycles. The molecule has 18 heavy (non-hydrogen) atoms. The van der Waals surface area contributed by atoms with Crippen molar-refractivity contribution in [2.24, 2.45) is 0 Å². The lowest BCUT2D eigenvalue weighted by atomic mass is 10.3. The summed E-state index contributed by atoms with van der Waals surface area (Å²) in [6, 6.07) is 7.63. The molecule has 0 spiro atoms. The number of hydrogen-bond acceptors (Lipinski definition) is 4. The summed E-state index contributed by atoms with van der Waals surface area (Å²) in [6.07, 6.45) is 3.98. The number of thioether (sulfide) groups is 1. The number of benzene rings is 1. The first-order valence-corrected chi connectivity index (χ1v) is 7.68. The molecule has 1 atom stereocenters. The number of ether oxygens (including phenoxy) is 2. The lowest BCUT2D eigenvalue weighted by molar-refractivity contribution is 0.129. The van der Waals surface area contributed by atoms with E-state index < -0.39 is 0 Å². The molecule has 1 unspecified atom stereocenters. The monoisotopic (exact) mass is 267 g/mol. The fourth-order valence-electron chi connectivity index (χ4n) is 1.95. The Balaban J connectivity index is 1.52. The van der Waals surface area contributed by atoms with E-state index in [0.29, 0.717) is 11.8 Å². The lowest BCUT2D eigenvalue weighted by Crippen LogP contribution is -2.09. The standard InChI is InChI=1S/C14H21NO2S/c15-13-6-1-2-7-14(13)17-9-4-10-18-11-12-5-3-8-16-12/h1-2,6-7,12H,3-5,8-11,15H2. The topological polar surface area (TPSA) is 44.5 Å². The highest BCUT2D eigenvalue weighted by atomic mass is 32.2. The third kappa shape index (κ3) is 4.42. The Labute approximate surface area is 113 Å². The molecule has 0 aromatic heterocycles. The Morgan fingerprint density at radius 1 is 1.39 bits per heavy atom. The zero-order valence-corrected chi connectivity index (χ0v) is 11.5. The van der Waals surface area contributed by atoms with E-state index in [1.807, 2.05) is 36.0 Å². The van der Waals surface area contributed by atoms with Crippen LogP contribution in [-0.2, 0) is 4.74 Å². The van der Waals surface area contributed by atoms with Crippen molar-refractivity contribution in [1.29, 1.82) is 0 Å². The van der Waals surface area contributed by atoms with E-state index in [1.165, 1.54) is 12.8 Å². The quantitative estimate of drug-likeness (QED) is 0.609. The molecule has 3 nitrogen and oxygen atoms in total. The van der Waals surface area contributed by atoms with Crippen LogP contribution in [0, 0.1) is 0 Å². The predicted octanol–water partition coefficient (Wildman–Crippen LogP) is 2.95. The molecule has 0 radical (unpaired) electrons. The smallest absolute Gasteiger partial charge is 0.142 e. The van der Waals surface area contributed by atoms with Crippen molar-refractivity contribution < 1.29 is 9.47 Å². The second-order valence-corrected chi connectivity index (χ2v) is 5.60. The molecule has 1 heterocycles. The summed E-state index contributed by atoms with van der Waals surface area (Å²) in [4.78, 5) is 0. The first kappa shape index (κ1) is 13.6. The summed E-state index contributed by atoms with van der Waals surface area (Å²) in [6.45, 7) is 1.67. The number of anilines is 1. The molecule has 0 saturated carbocycles. The maximum atomic E-state index is 5.80. The number of rotatable bonds is 7. The average molecular weight is 267 g/mol. The molecule has 2 rings (SSSR count). The van der Waals surface area contributed by atoms with Gasteiger partial charge in [0.25, 0.3) is 0 Å². The fraction of sp³-hybridized carbons (Fsp3) is 0.571. The zero-order valence-electron chi connectivity index (χ0n) is 10.6. The minimum absolute atomic E-state index is 0.487. The van der Waals surface area contributed by atoms with E-state index in [1.54, 1.807) is 0 Å². The summed E-state index contributed by atoms with van der Waals surface area (Å²) in [5, 5.41) is 0. The maximum Gasteiger partial charge on any atom is 0.142 e. The summed E-state index contributed by atoms with van der Waals surface area (Å²) in [5.41, 5.74) is 6.51. The number of nitrogens with two attached hydrogens (primary N) is 1. The molecule has 2 N–H and O–H groups in total. The first-order chi connectivity index (χ1) is 8.86. The van der Waals surface area contributed by atoms with Gasteiger partial charge >= 0.3 is 0 Å². The van der Waals surface area contributed by atoms with Crippen molar-refractivity contribution in [1.82, 2.24) is 0 Å². The normalized spacial score (nSPS) is 19.0. The van der Waals surface area contributed by atoms with Crippen LogP contribution in [0.15, 0.2) is 24.3 Å². The van der Waals surface area contributed by atoms with Crippen LogP contribution < -0.4 is 10.5 Å². The summed E-state index contributed by atoms with van der Waals surface area (Å²) < 4.78 is 11.2. The van der Waals surface area contributed by atoms with E-state index in [2.05, 4.69) is 0 Å². The van der Waals surface area contributed by atoms with Crippen LogP contribution in [0.3, 0.4) is 0 Å². The van der Waals surface area contributed by atoms with Gasteiger partial charge < -0.3 is 15.2 Å². The SMILES string of the molecule is Nc1ccccc1OCCCSCC1CCCO1. The first-order valence-electron chi connectivity index (χ1n) is 6.53. The van der Waals surface area contributed by atoms with Crippen LogP contribution in [0.25, 0.3) is 0 Å². The predicted molar refractivity (Wildman–Crippen MR) is 77.3 cm³/mol. The van der Waals surface area contributed by atoms with Crippen molar-refractivity contribution in [2.45, 2.75) is 25.4 Å². The van der Waals surface area contributed by atoms with Gasteiger partial charge in [0.15, 0.2) is 0 Å². The van der Waals surface area contributed by atoms with Gasteiger partial charge in [0.2, 0.25) is 0 Å². The van der Waals surface area contributed by atoms with Crippen LogP contribution in [0.1, 0.15) is 19.3 Å². The van der Waals surface area contributed by atoms with Gasteiger partial charge in [0, 0.05) is 12.4 Å². The molecule has 0 amide bonds. The van der Waals surface area contributed by atoms with Gasteiger partial charge in [-0.3, -0.25) is 0 Å². The zero-order chi connectivity index (χ0) is 12.6. The molecule has 1 aromatic rings. The fourth-order valence-corrected chi connectivity index (χ4v) is 2.96. The van der Waals surface area contributed by atoms with Crippen molar-refractivity contribution in [3.05, 3.63) is 24.3 Å². The molecule has 0 aliphatic carbocycles. The lowest BCUT2D eigenvalue weighted by Gasteiger charge is -2.10. The second-order valence-electron chi connectivity index (χ2n) is 4.45. The van der Waals surface area contributed by atoms with E-state index in [-0.39, 0.29) is 0 Å². The molecule has 1 aliphatic heterocycles. The van der Waals surface area contributed by atoms with Gasteiger partial charge in [-0.2, -0.15) is 11.8 Å². The minimum atomic E-state index is 0.487. The van der Waals surface area contributed by atoms with E-state index in [9.17, 15) is 0 Å². The van der Waals surface area contributed by atoms with Crippen LogP contribution in [-0.4, -0.2) is 30.8 Å². The average Bonchev–Trinajstić information content (AvgIpc) is 2.89. The van der Waals surface area contributed by atoms with Crippen LogP contribution in [0.4, 0.5) is 5.69 Å². The molecular weight excluding hydrogens is 246 g/mol. The second kappa shape index (κ2) is 7.54. The molecule has 100 valence electrons. The number of para-hydroxylation sites is 2. The molecule has 1 fully saturated rings. The molecule has 0 bridgehead atoms. The van der Waals surface area contributed by atoms with Crippen molar-refractivity contribution in [3.63, 3.8) is 0 Å². The Hall–Kier alpha value is -0.870. The highest BCUT2D eigenvalue weighted by Crippen LogP contribution is 2.20. The Morgan fingerprint density at radius 3 is 3.06 bits per heavy atom. The summed E-state index contributed by atoms with van der Waals surface area (Å²) in [5.74, 6) is 3.03. The Bertz CT molecular complexity index is 353. The van der Waals surface area contributed by atoms with Crippen LogP contribution >= 0.6 is 11.8 Å². The van der Waals surface area contributed by atoms with Gasteiger partial charge in [-0.1, -0.05) is 12.1 Å². The molecular formula is C14H21NO2S. The van der Waals surface area contributed by atoms with Gasteiger partial charge in [-0.05, 0) is 37.1 Å². The van der Waals surface area contributed by atoms with E-state index in [4.69, 9.17) is 15.2 Å². The van der Waals surface area contributed by atoms with E-state index >= 15 is 0 Å². The van der Waals surface area contributed by atoms with Crippen LogP contribution in [0.2, 0.25) is 0 Å². The van der Waals surface area contributed by atoms with Crippen molar-refractivity contribution >= 4 is 17.4 Å². The highest BCUT2D eigenvalue weighted by Gasteiger charge is 2.14. The van der Waals surface area contributed by atoms with Gasteiger partial charge in [-0.25, -0.2) is 0 Å². The minimum Gasteiger partial charge on any atom is -0.491 e. The highest BCUT2D eigenvalue weighted by molar-refractivity contribution is 7.99. The Morgan fingerprint density at radius 2 is 2.28 bits per heavy atom. The summed E-state index contributed by atoms with van der Waals surface area (Å²) >= 11 is 1.95. The Kier molecular flexibility index (Phi) is 5.68.